The number of rotatable bonds is 5. The van der Waals surface area contributed by atoms with E-state index < -0.39 is 0 Å². The second kappa shape index (κ2) is 6.95. The SMILES string of the molecule is COCc1c(C(=O)Nc2ccc(OC)c(Cl)c2)oc2ccccc12. The van der Waals surface area contributed by atoms with Crippen molar-refractivity contribution in [3.05, 3.63) is 58.8 Å². The highest BCUT2D eigenvalue weighted by Gasteiger charge is 2.20. The van der Waals surface area contributed by atoms with Gasteiger partial charge in [0.1, 0.15) is 11.3 Å². The number of nitrogens with one attached hydrogen (secondary N) is 1. The van der Waals surface area contributed by atoms with Gasteiger partial charge in [0, 0.05) is 23.7 Å². The van der Waals surface area contributed by atoms with E-state index in [0.29, 0.717) is 27.6 Å². The molecule has 0 aliphatic heterocycles. The summed E-state index contributed by atoms with van der Waals surface area (Å²) in [7, 11) is 3.11. The third kappa shape index (κ3) is 3.09. The number of hydrogen-bond donors (Lipinski definition) is 1. The zero-order valence-corrected chi connectivity index (χ0v) is 14.0. The van der Waals surface area contributed by atoms with Crippen LogP contribution in [0.2, 0.25) is 5.02 Å². The van der Waals surface area contributed by atoms with Crippen LogP contribution in [0.25, 0.3) is 11.0 Å². The number of furan rings is 1. The monoisotopic (exact) mass is 345 g/mol. The van der Waals surface area contributed by atoms with Gasteiger partial charge >= 0.3 is 0 Å². The number of hydrogen-bond acceptors (Lipinski definition) is 4. The Balaban J connectivity index is 1.93. The van der Waals surface area contributed by atoms with E-state index in [1.807, 2.05) is 24.3 Å². The molecule has 0 aliphatic rings. The maximum atomic E-state index is 12.6. The van der Waals surface area contributed by atoms with Crippen molar-refractivity contribution in [2.75, 3.05) is 19.5 Å². The molecule has 0 aliphatic carbocycles. The quantitative estimate of drug-likeness (QED) is 0.740. The lowest BCUT2D eigenvalue weighted by Gasteiger charge is -2.08. The molecule has 0 fully saturated rings. The lowest BCUT2D eigenvalue weighted by atomic mass is 10.1. The Labute approximate surface area is 144 Å². The van der Waals surface area contributed by atoms with Crippen LogP contribution >= 0.6 is 11.6 Å². The van der Waals surface area contributed by atoms with Crippen LogP contribution in [0, 0.1) is 0 Å². The zero-order chi connectivity index (χ0) is 17.1. The molecule has 1 heterocycles. The highest BCUT2D eigenvalue weighted by molar-refractivity contribution is 6.32. The Morgan fingerprint density at radius 3 is 2.71 bits per heavy atom. The van der Waals surface area contributed by atoms with E-state index in [1.165, 1.54) is 7.11 Å². The number of carbonyl (C=O) groups excluding carboxylic acids is 1. The molecule has 1 aromatic heterocycles. The van der Waals surface area contributed by atoms with Crippen LogP contribution in [-0.4, -0.2) is 20.1 Å². The van der Waals surface area contributed by atoms with Gasteiger partial charge < -0.3 is 19.2 Å². The van der Waals surface area contributed by atoms with E-state index in [9.17, 15) is 4.79 Å². The number of halogens is 1. The smallest absolute Gasteiger partial charge is 0.291 e. The number of para-hydroxylation sites is 1. The first kappa shape index (κ1) is 16.4. The Bertz CT molecular complexity index is 888. The Morgan fingerprint density at radius 2 is 2.00 bits per heavy atom. The molecule has 24 heavy (non-hydrogen) atoms. The summed E-state index contributed by atoms with van der Waals surface area (Å²) in [6.07, 6.45) is 0. The van der Waals surface area contributed by atoms with Gasteiger partial charge in [-0.05, 0) is 24.3 Å². The Kier molecular flexibility index (Phi) is 4.74. The number of carbonyl (C=O) groups is 1. The topological polar surface area (TPSA) is 60.7 Å². The summed E-state index contributed by atoms with van der Waals surface area (Å²) < 4.78 is 16.0. The largest absolute Gasteiger partial charge is 0.495 e. The minimum atomic E-state index is -0.362. The predicted octanol–water partition coefficient (Wildman–Crippen LogP) is 4.49. The normalized spacial score (nSPS) is 10.8. The average molecular weight is 346 g/mol. The molecule has 2 aromatic carbocycles. The summed E-state index contributed by atoms with van der Waals surface area (Å²) in [6, 6.07) is 12.5. The highest BCUT2D eigenvalue weighted by Crippen LogP contribution is 2.29. The fourth-order valence-electron chi connectivity index (χ4n) is 2.50. The van der Waals surface area contributed by atoms with Gasteiger partial charge in [0.25, 0.3) is 5.91 Å². The van der Waals surface area contributed by atoms with Crippen molar-refractivity contribution < 1.29 is 18.7 Å². The Hall–Kier alpha value is -2.50. The van der Waals surface area contributed by atoms with Crippen molar-refractivity contribution in [1.29, 1.82) is 0 Å². The molecule has 5 nitrogen and oxygen atoms in total. The van der Waals surface area contributed by atoms with E-state index >= 15 is 0 Å². The van der Waals surface area contributed by atoms with Crippen molar-refractivity contribution >= 4 is 34.2 Å². The van der Waals surface area contributed by atoms with Crippen molar-refractivity contribution in [3.63, 3.8) is 0 Å². The molecule has 0 saturated carbocycles. The average Bonchev–Trinajstić information content (AvgIpc) is 2.94. The molecule has 124 valence electrons. The van der Waals surface area contributed by atoms with E-state index in [0.717, 1.165) is 5.39 Å². The maximum absolute atomic E-state index is 12.6. The minimum Gasteiger partial charge on any atom is -0.495 e. The third-order valence-corrected chi connectivity index (χ3v) is 3.90. The number of amides is 1. The van der Waals surface area contributed by atoms with Gasteiger partial charge in [0.05, 0.1) is 18.7 Å². The van der Waals surface area contributed by atoms with Crippen LogP contribution in [-0.2, 0) is 11.3 Å². The second-order valence-corrected chi connectivity index (χ2v) is 5.55. The summed E-state index contributed by atoms with van der Waals surface area (Å²) >= 11 is 6.08. The van der Waals surface area contributed by atoms with Crippen LogP contribution < -0.4 is 10.1 Å². The Morgan fingerprint density at radius 1 is 1.21 bits per heavy atom. The molecule has 0 atom stereocenters. The molecule has 1 amide bonds. The first-order chi connectivity index (χ1) is 11.6. The third-order valence-electron chi connectivity index (χ3n) is 3.60. The van der Waals surface area contributed by atoms with Crippen molar-refractivity contribution in [2.24, 2.45) is 0 Å². The minimum absolute atomic E-state index is 0.227. The van der Waals surface area contributed by atoms with Crippen molar-refractivity contribution in [1.82, 2.24) is 0 Å². The summed E-state index contributed by atoms with van der Waals surface area (Å²) in [5.41, 5.74) is 1.90. The lowest BCUT2D eigenvalue weighted by molar-refractivity contribution is 0.0992. The van der Waals surface area contributed by atoms with E-state index in [4.69, 9.17) is 25.5 Å². The van der Waals surface area contributed by atoms with Gasteiger partial charge in [0.2, 0.25) is 0 Å². The number of anilines is 1. The molecule has 0 bridgehead atoms. The predicted molar refractivity (Wildman–Crippen MR) is 92.9 cm³/mol. The summed E-state index contributed by atoms with van der Waals surface area (Å²) in [5.74, 6) is 0.406. The number of fused-ring (bicyclic) bond motifs is 1. The fourth-order valence-corrected chi connectivity index (χ4v) is 2.76. The molecular formula is C18H16ClNO4. The second-order valence-electron chi connectivity index (χ2n) is 5.14. The molecule has 0 spiro atoms. The molecule has 6 heteroatoms. The van der Waals surface area contributed by atoms with Crippen LogP contribution in [0.15, 0.2) is 46.9 Å². The summed E-state index contributed by atoms with van der Waals surface area (Å²) in [4.78, 5) is 12.6. The molecule has 0 saturated heterocycles. The summed E-state index contributed by atoms with van der Waals surface area (Å²) in [6.45, 7) is 0.281. The van der Waals surface area contributed by atoms with E-state index in [-0.39, 0.29) is 18.3 Å². The van der Waals surface area contributed by atoms with Gasteiger partial charge in [-0.1, -0.05) is 29.8 Å². The molecule has 1 N–H and O–H groups in total. The standard InChI is InChI=1S/C18H16ClNO4/c1-22-10-13-12-5-3-4-6-15(12)24-17(13)18(21)20-11-7-8-16(23-2)14(19)9-11/h3-9H,10H2,1-2H3,(H,20,21). The van der Waals surface area contributed by atoms with Gasteiger partial charge in [-0.25, -0.2) is 0 Å². The number of methoxy groups -OCH3 is 2. The van der Waals surface area contributed by atoms with Gasteiger partial charge in [-0.15, -0.1) is 0 Å². The molecule has 3 rings (SSSR count). The van der Waals surface area contributed by atoms with Crippen LogP contribution in [0.1, 0.15) is 16.1 Å². The lowest BCUT2D eigenvalue weighted by Crippen LogP contribution is -2.13. The highest BCUT2D eigenvalue weighted by atomic mass is 35.5. The molecular weight excluding hydrogens is 330 g/mol. The van der Waals surface area contributed by atoms with Gasteiger partial charge in [-0.3, -0.25) is 4.79 Å². The summed E-state index contributed by atoms with van der Waals surface area (Å²) in [5, 5.41) is 4.05. The van der Waals surface area contributed by atoms with Crippen LogP contribution in [0.3, 0.4) is 0 Å². The first-order valence-electron chi connectivity index (χ1n) is 7.28. The van der Waals surface area contributed by atoms with Gasteiger partial charge in [-0.2, -0.15) is 0 Å². The van der Waals surface area contributed by atoms with Crippen molar-refractivity contribution in [2.45, 2.75) is 6.61 Å². The van der Waals surface area contributed by atoms with Crippen LogP contribution in [0.5, 0.6) is 5.75 Å². The fraction of sp³-hybridized carbons (Fsp3) is 0.167. The molecule has 3 aromatic rings. The van der Waals surface area contributed by atoms with Crippen molar-refractivity contribution in [3.8, 4) is 5.75 Å². The van der Waals surface area contributed by atoms with Crippen LogP contribution in [0.4, 0.5) is 5.69 Å². The van der Waals surface area contributed by atoms with E-state index in [2.05, 4.69) is 5.32 Å². The van der Waals surface area contributed by atoms with Gasteiger partial charge in [0.15, 0.2) is 5.76 Å². The maximum Gasteiger partial charge on any atom is 0.291 e. The molecule has 0 unspecified atom stereocenters. The zero-order valence-electron chi connectivity index (χ0n) is 13.3. The first-order valence-corrected chi connectivity index (χ1v) is 7.66. The molecule has 0 radical (unpaired) electrons. The van der Waals surface area contributed by atoms with E-state index in [1.54, 1.807) is 25.3 Å². The number of ether oxygens (including phenoxy) is 2. The number of benzene rings is 2.